The summed E-state index contributed by atoms with van der Waals surface area (Å²) in [7, 11) is 0. The van der Waals surface area contributed by atoms with Crippen LogP contribution in [-0.4, -0.2) is 17.2 Å². The highest BCUT2D eigenvalue weighted by Gasteiger charge is 2.05. The molecule has 0 unspecified atom stereocenters. The second kappa shape index (κ2) is 6.67. The Kier molecular flexibility index (Phi) is 4.92. The van der Waals surface area contributed by atoms with Gasteiger partial charge in [-0.25, -0.2) is 5.43 Å². The number of aromatic hydroxyl groups is 1. The van der Waals surface area contributed by atoms with Crippen molar-refractivity contribution in [1.82, 2.24) is 5.43 Å². The Balaban J connectivity index is 2.06. The van der Waals surface area contributed by atoms with Crippen molar-refractivity contribution in [2.45, 2.75) is 0 Å². The van der Waals surface area contributed by atoms with Gasteiger partial charge in [-0.05, 0) is 61.7 Å². The number of carbonyl (C=O) groups is 1. The van der Waals surface area contributed by atoms with Gasteiger partial charge in [-0.2, -0.15) is 5.10 Å². The van der Waals surface area contributed by atoms with Gasteiger partial charge >= 0.3 is 0 Å². The van der Waals surface area contributed by atoms with Crippen LogP contribution < -0.4 is 5.43 Å². The van der Waals surface area contributed by atoms with Crippen molar-refractivity contribution in [1.29, 1.82) is 0 Å². The summed E-state index contributed by atoms with van der Waals surface area (Å²) in [6.07, 6.45) is 1.50. The van der Waals surface area contributed by atoms with Gasteiger partial charge < -0.3 is 5.11 Å². The number of hydrogen-bond acceptors (Lipinski definition) is 3. The van der Waals surface area contributed by atoms with E-state index in [2.05, 4.69) is 42.4 Å². The predicted octanol–water partition coefficient (Wildman–Crippen LogP) is 3.68. The number of phenols is 1. The smallest absolute Gasteiger partial charge is 0.271 e. The van der Waals surface area contributed by atoms with Crippen molar-refractivity contribution >= 4 is 44.0 Å². The third-order valence-corrected chi connectivity index (χ3v) is 3.66. The third-order valence-electron chi connectivity index (χ3n) is 2.45. The monoisotopic (exact) mass is 396 g/mol. The normalized spacial score (nSPS) is 10.7. The quantitative estimate of drug-likeness (QED) is 0.612. The maximum Gasteiger partial charge on any atom is 0.271 e. The fraction of sp³-hybridized carbons (Fsp3) is 0. The van der Waals surface area contributed by atoms with Crippen LogP contribution >= 0.6 is 31.9 Å². The maximum absolute atomic E-state index is 11.7. The first kappa shape index (κ1) is 14.7. The minimum atomic E-state index is -0.279. The first-order valence-corrected chi connectivity index (χ1v) is 7.23. The Hall–Kier alpha value is -1.66. The summed E-state index contributed by atoms with van der Waals surface area (Å²) in [6.45, 7) is 0. The summed E-state index contributed by atoms with van der Waals surface area (Å²) in [5.74, 6) is -0.158. The summed E-state index contributed by atoms with van der Waals surface area (Å²) in [4.78, 5) is 11.7. The molecule has 0 aliphatic carbocycles. The van der Waals surface area contributed by atoms with Crippen molar-refractivity contribution in [2.75, 3.05) is 0 Å². The van der Waals surface area contributed by atoms with Crippen molar-refractivity contribution < 1.29 is 9.90 Å². The minimum Gasteiger partial charge on any atom is -0.506 e. The van der Waals surface area contributed by atoms with Crippen LogP contribution in [0.15, 0.2) is 56.5 Å². The van der Waals surface area contributed by atoms with Crippen LogP contribution in [0.2, 0.25) is 0 Å². The van der Waals surface area contributed by atoms with Gasteiger partial charge in [0.1, 0.15) is 5.75 Å². The molecule has 0 spiro atoms. The van der Waals surface area contributed by atoms with Crippen LogP contribution in [0.5, 0.6) is 5.75 Å². The molecule has 0 aromatic heterocycles. The van der Waals surface area contributed by atoms with E-state index in [0.29, 0.717) is 14.5 Å². The number of carbonyl (C=O) groups excluding carboxylic acids is 1. The average Bonchev–Trinajstić information content (AvgIpc) is 2.45. The molecule has 0 bridgehead atoms. The highest BCUT2D eigenvalue weighted by atomic mass is 79.9. The lowest BCUT2D eigenvalue weighted by Crippen LogP contribution is -2.17. The molecule has 20 heavy (non-hydrogen) atoms. The molecule has 2 N–H and O–H groups in total. The molecule has 0 aliphatic rings. The molecule has 1 amide bonds. The highest BCUT2D eigenvalue weighted by Crippen LogP contribution is 2.32. The molecule has 4 nitrogen and oxygen atoms in total. The zero-order valence-corrected chi connectivity index (χ0v) is 13.3. The van der Waals surface area contributed by atoms with Gasteiger partial charge in [-0.15, -0.1) is 0 Å². The molecule has 102 valence electrons. The number of amides is 1. The van der Waals surface area contributed by atoms with E-state index >= 15 is 0 Å². The van der Waals surface area contributed by atoms with Crippen LogP contribution in [0.3, 0.4) is 0 Å². The molecule has 6 heteroatoms. The van der Waals surface area contributed by atoms with E-state index in [9.17, 15) is 9.90 Å². The van der Waals surface area contributed by atoms with E-state index < -0.39 is 0 Å². The average molecular weight is 398 g/mol. The van der Waals surface area contributed by atoms with Crippen LogP contribution in [0.25, 0.3) is 0 Å². The number of phenolic OH excluding ortho intramolecular Hbond substituents is 1. The van der Waals surface area contributed by atoms with E-state index in [-0.39, 0.29) is 11.7 Å². The fourth-order valence-electron chi connectivity index (χ4n) is 1.48. The Morgan fingerprint density at radius 1 is 1.15 bits per heavy atom. The first-order valence-electron chi connectivity index (χ1n) is 5.64. The first-order chi connectivity index (χ1) is 9.58. The Morgan fingerprint density at radius 2 is 1.75 bits per heavy atom. The van der Waals surface area contributed by atoms with E-state index in [1.165, 1.54) is 6.21 Å². The van der Waals surface area contributed by atoms with Crippen molar-refractivity contribution in [3.05, 3.63) is 62.5 Å². The van der Waals surface area contributed by atoms with Gasteiger partial charge in [0, 0.05) is 5.56 Å². The second-order valence-corrected chi connectivity index (χ2v) is 5.61. The molecule has 2 aromatic rings. The molecule has 2 rings (SSSR count). The maximum atomic E-state index is 11.7. The van der Waals surface area contributed by atoms with E-state index in [1.807, 2.05) is 6.07 Å². The van der Waals surface area contributed by atoms with Gasteiger partial charge in [0.15, 0.2) is 0 Å². The molecule has 0 saturated heterocycles. The molecule has 2 aromatic carbocycles. The number of nitrogens with zero attached hydrogens (tertiary/aromatic N) is 1. The van der Waals surface area contributed by atoms with E-state index in [0.717, 1.165) is 5.56 Å². The number of halogens is 2. The molecule has 0 heterocycles. The molecule has 0 aliphatic heterocycles. The molecular weight excluding hydrogens is 388 g/mol. The van der Waals surface area contributed by atoms with Crippen LogP contribution in [-0.2, 0) is 0 Å². The molecule has 0 fully saturated rings. The fourth-order valence-corrected chi connectivity index (χ4v) is 2.70. The van der Waals surface area contributed by atoms with Crippen LogP contribution in [0.4, 0.5) is 0 Å². The largest absolute Gasteiger partial charge is 0.506 e. The highest BCUT2D eigenvalue weighted by molar-refractivity contribution is 9.11. The summed E-state index contributed by atoms with van der Waals surface area (Å²) < 4.78 is 1.09. The zero-order chi connectivity index (χ0) is 14.5. The lowest BCUT2D eigenvalue weighted by Gasteiger charge is -2.02. The van der Waals surface area contributed by atoms with Gasteiger partial charge in [0.05, 0.1) is 15.2 Å². The summed E-state index contributed by atoms with van der Waals surface area (Å²) in [5, 5.41) is 13.5. The molecule has 0 radical (unpaired) electrons. The van der Waals surface area contributed by atoms with Gasteiger partial charge in [0.2, 0.25) is 0 Å². The van der Waals surface area contributed by atoms with Crippen LogP contribution in [0, 0.1) is 0 Å². The third kappa shape index (κ3) is 3.68. The Bertz CT molecular complexity index is 634. The second-order valence-electron chi connectivity index (χ2n) is 3.90. The van der Waals surface area contributed by atoms with E-state index in [1.54, 1.807) is 36.4 Å². The molecule has 0 saturated carbocycles. The lowest BCUT2D eigenvalue weighted by molar-refractivity contribution is 0.0955. The topological polar surface area (TPSA) is 61.7 Å². The number of hydrogen-bond donors (Lipinski definition) is 2. The van der Waals surface area contributed by atoms with Crippen molar-refractivity contribution in [3.63, 3.8) is 0 Å². The van der Waals surface area contributed by atoms with Crippen LogP contribution in [0.1, 0.15) is 15.9 Å². The number of benzene rings is 2. The lowest BCUT2D eigenvalue weighted by atomic mass is 10.2. The summed E-state index contributed by atoms with van der Waals surface area (Å²) in [6, 6.07) is 12.2. The number of hydrazone groups is 1. The van der Waals surface area contributed by atoms with E-state index in [4.69, 9.17) is 0 Å². The molecule has 0 atom stereocenters. The number of nitrogens with one attached hydrogen (secondary N) is 1. The van der Waals surface area contributed by atoms with Crippen molar-refractivity contribution in [2.24, 2.45) is 5.10 Å². The SMILES string of the molecule is O=C(NN=Cc1cc(Br)c(O)c(Br)c1)c1ccccc1. The zero-order valence-electron chi connectivity index (χ0n) is 10.2. The van der Waals surface area contributed by atoms with Gasteiger partial charge in [-0.1, -0.05) is 18.2 Å². The minimum absolute atomic E-state index is 0.121. The van der Waals surface area contributed by atoms with Gasteiger partial charge in [-0.3, -0.25) is 4.79 Å². The standard InChI is InChI=1S/C14H10Br2N2O2/c15-11-6-9(7-12(16)13(11)19)8-17-18-14(20)10-4-2-1-3-5-10/h1-8,19H,(H,18,20). The Labute approximate surface area is 132 Å². The molecular formula is C14H10Br2N2O2. The van der Waals surface area contributed by atoms with Crippen molar-refractivity contribution in [3.8, 4) is 5.75 Å². The van der Waals surface area contributed by atoms with Gasteiger partial charge in [0.25, 0.3) is 5.91 Å². The summed E-state index contributed by atoms with van der Waals surface area (Å²) in [5.41, 5.74) is 3.71. The number of rotatable bonds is 3. The summed E-state index contributed by atoms with van der Waals surface area (Å²) >= 11 is 6.45. The Morgan fingerprint density at radius 3 is 2.35 bits per heavy atom. The predicted molar refractivity (Wildman–Crippen MR) is 85.0 cm³/mol.